The quantitative estimate of drug-likeness (QED) is 0.196. The third-order valence-electron chi connectivity index (χ3n) is 3.12. The SMILES string of the molecule is CCCCCCOC(=O)C(C(C)=O)=C(C)CCCC. The predicted octanol–water partition coefficient (Wildman–Crippen LogP) is 4.21. The number of hydrogen-bond donors (Lipinski definition) is 0. The summed E-state index contributed by atoms with van der Waals surface area (Å²) >= 11 is 0. The van der Waals surface area contributed by atoms with E-state index in [9.17, 15) is 9.59 Å². The zero-order valence-electron chi connectivity index (χ0n) is 12.9. The van der Waals surface area contributed by atoms with Gasteiger partial charge in [-0.1, -0.05) is 45.1 Å². The second-order valence-electron chi connectivity index (χ2n) is 5.01. The number of esters is 1. The van der Waals surface area contributed by atoms with Gasteiger partial charge in [0.1, 0.15) is 5.57 Å². The maximum atomic E-state index is 11.9. The Morgan fingerprint density at radius 1 is 0.895 bits per heavy atom. The van der Waals surface area contributed by atoms with Crippen LogP contribution in [0.15, 0.2) is 11.1 Å². The van der Waals surface area contributed by atoms with Crippen molar-refractivity contribution in [3.8, 4) is 0 Å². The predicted molar refractivity (Wildman–Crippen MR) is 78.0 cm³/mol. The lowest BCUT2D eigenvalue weighted by atomic mass is 10.0. The molecular weight excluding hydrogens is 240 g/mol. The molecule has 19 heavy (non-hydrogen) atoms. The van der Waals surface area contributed by atoms with Crippen LogP contribution in [0, 0.1) is 0 Å². The minimum absolute atomic E-state index is 0.188. The molecule has 0 N–H and O–H groups in total. The lowest BCUT2D eigenvalue weighted by Gasteiger charge is -2.09. The highest BCUT2D eigenvalue weighted by molar-refractivity contribution is 6.16. The molecule has 0 atom stereocenters. The Kier molecular flexibility index (Phi) is 10.1. The summed E-state index contributed by atoms with van der Waals surface area (Å²) in [6, 6.07) is 0. The summed E-state index contributed by atoms with van der Waals surface area (Å²) in [4.78, 5) is 23.5. The summed E-state index contributed by atoms with van der Waals surface area (Å²) in [5.41, 5.74) is 1.11. The van der Waals surface area contributed by atoms with Crippen LogP contribution in [-0.2, 0) is 14.3 Å². The van der Waals surface area contributed by atoms with Gasteiger partial charge in [0.2, 0.25) is 0 Å². The van der Waals surface area contributed by atoms with Crippen molar-refractivity contribution in [1.29, 1.82) is 0 Å². The Hall–Kier alpha value is -1.12. The molecule has 0 aromatic carbocycles. The van der Waals surface area contributed by atoms with Crippen molar-refractivity contribution in [2.24, 2.45) is 0 Å². The van der Waals surface area contributed by atoms with Gasteiger partial charge in [-0.3, -0.25) is 4.79 Å². The maximum Gasteiger partial charge on any atom is 0.341 e. The highest BCUT2D eigenvalue weighted by Crippen LogP contribution is 2.15. The summed E-state index contributed by atoms with van der Waals surface area (Å²) in [6.07, 6.45) is 7.08. The zero-order chi connectivity index (χ0) is 14.7. The molecule has 0 spiro atoms. The molecule has 3 heteroatoms. The average molecular weight is 268 g/mol. The molecule has 3 nitrogen and oxygen atoms in total. The Balaban J connectivity index is 4.38. The molecule has 0 aliphatic heterocycles. The third kappa shape index (κ3) is 7.81. The van der Waals surface area contributed by atoms with Crippen molar-refractivity contribution >= 4 is 11.8 Å². The summed E-state index contributed by atoms with van der Waals surface area (Å²) in [7, 11) is 0. The molecule has 0 saturated carbocycles. The largest absolute Gasteiger partial charge is 0.462 e. The molecule has 0 saturated heterocycles. The number of allylic oxidation sites excluding steroid dienone is 1. The van der Waals surface area contributed by atoms with Crippen LogP contribution < -0.4 is 0 Å². The van der Waals surface area contributed by atoms with Crippen LogP contribution in [-0.4, -0.2) is 18.4 Å². The summed E-state index contributed by atoms with van der Waals surface area (Å²) in [5.74, 6) is -0.634. The molecule has 0 heterocycles. The van der Waals surface area contributed by atoms with Crippen LogP contribution in [0.5, 0.6) is 0 Å². The van der Waals surface area contributed by atoms with Crippen LogP contribution in [0.25, 0.3) is 0 Å². The fraction of sp³-hybridized carbons (Fsp3) is 0.750. The molecule has 0 bridgehead atoms. The first-order valence-corrected chi connectivity index (χ1v) is 7.42. The first-order valence-electron chi connectivity index (χ1n) is 7.42. The summed E-state index contributed by atoms with van der Waals surface area (Å²) < 4.78 is 5.20. The molecule has 0 radical (unpaired) electrons. The fourth-order valence-electron chi connectivity index (χ4n) is 1.95. The molecule has 0 aromatic heterocycles. The molecule has 0 rings (SSSR count). The minimum atomic E-state index is -0.447. The number of carbonyl (C=O) groups excluding carboxylic acids is 2. The normalized spacial score (nSPS) is 12.0. The van der Waals surface area contributed by atoms with Gasteiger partial charge in [-0.2, -0.15) is 0 Å². The van der Waals surface area contributed by atoms with Gasteiger partial charge in [0.15, 0.2) is 5.78 Å². The highest BCUT2D eigenvalue weighted by Gasteiger charge is 2.18. The lowest BCUT2D eigenvalue weighted by Crippen LogP contribution is -2.16. The summed E-state index contributed by atoms with van der Waals surface area (Å²) in [5, 5.41) is 0. The van der Waals surface area contributed by atoms with E-state index in [4.69, 9.17) is 4.74 Å². The van der Waals surface area contributed by atoms with Crippen LogP contribution in [0.4, 0.5) is 0 Å². The highest BCUT2D eigenvalue weighted by atomic mass is 16.5. The van der Waals surface area contributed by atoms with Gasteiger partial charge in [0, 0.05) is 0 Å². The molecule has 0 fully saturated rings. The molecule has 0 unspecified atom stereocenters. The smallest absolute Gasteiger partial charge is 0.341 e. The van der Waals surface area contributed by atoms with Crippen LogP contribution >= 0.6 is 0 Å². The number of Topliss-reactive ketones (excluding diaryl/α,β-unsaturated/α-hetero) is 1. The number of carbonyl (C=O) groups is 2. The Morgan fingerprint density at radius 3 is 2.05 bits per heavy atom. The first kappa shape index (κ1) is 17.9. The number of ether oxygens (including phenoxy) is 1. The second kappa shape index (κ2) is 10.8. The van der Waals surface area contributed by atoms with Crippen molar-refractivity contribution < 1.29 is 14.3 Å². The number of ketones is 1. The lowest BCUT2D eigenvalue weighted by molar-refractivity contribution is -0.140. The monoisotopic (exact) mass is 268 g/mol. The minimum Gasteiger partial charge on any atom is -0.462 e. The number of hydrogen-bond acceptors (Lipinski definition) is 3. The van der Waals surface area contributed by atoms with E-state index in [2.05, 4.69) is 13.8 Å². The Morgan fingerprint density at radius 2 is 1.53 bits per heavy atom. The topological polar surface area (TPSA) is 43.4 Å². The van der Waals surface area contributed by atoms with E-state index in [0.29, 0.717) is 6.61 Å². The van der Waals surface area contributed by atoms with Crippen LogP contribution in [0.3, 0.4) is 0 Å². The second-order valence-corrected chi connectivity index (χ2v) is 5.01. The van der Waals surface area contributed by atoms with Gasteiger partial charge < -0.3 is 4.74 Å². The molecule has 110 valence electrons. The van der Waals surface area contributed by atoms with Crippen LogP contribution in [0.1, 0.15) is 72.6 Å². The Labute approximate surface area is 117 Å². The maximum absolute atomic E-state index is 11.9. The molecule has 0 aromatic rings. The van der Waals surface area contributed by atoms with E-state index in [1.807, 2.05) is 6.92 Å². The van der Waals surface area contributed by atoms with E-state index in [1.54, 1.807) is 0 Å². The Bertz CT molecular complexity index is 316. The first-order chi connectivity index (χ1) is 9.04. The molecule has 0 aliphatic rings. The van der Waals surface area contributed by atoms with E-state index in [0.717, 1.165) is 50.5 Å². The van der Waals surface area contributed by atoms with Gasteiger partial charge in [-0.05, 0) is 33.1 Å². The van der Waals surface area contributed by atoms with Crippen molar-refractivity contribution in [3.63, 3.8) is 0 Å². The number of rotatable bonds is 10. The van der Waals surface area contributed by atoms with Gasteiger partial charge >= 0.3 is 5.97 Å². The fourth-order valence-corrected chi connectivity index (χ4v) is 1.95. The average Bonchev–Trinajstić information content (AvgIpc) is 2.35. The van der Waals surface area contributed by atoms with Gasteiger partial charge in [-0.25, -0.2) is 4.79 Å². The van der Waals surface area contributed by atoms with Crippen molar-refractivity contribution in [2.45, 2.75) is 72.6 Å². The molecular formula is C16H28O3. The van der Waals surface area contributed by atoms with E-state index >= 15 is 0 Å². The summed E-state index contributed by atoms with van der Waals surface area (Å²) in [6.45, 7) is 7.93. The van der Waals surface area contributed by atoms with Gasteiger partial charge in [-0.15, -0.1) is 0 Å². The van der Waals surface area contributed by atoms with E-state index in [1.165, 1.54) is 6.92 Å². The van der Waals surface area contributed by atoms with Crippen molar-refractivity contribution in [1.82, 2.24) is 0 Å². The van der Waals surface area contributed by atoms with Gasteiger partial charge in [0.05, 0.1) is 6.61 Å². The molecule has 0 aliphatic carbocycles. The van der Waals surface area contributed by atoms with Crippen molar-refractivity contribution in [3.05, 3.63) is 11.1 Å². The van der Waals surface area contributed by atoms with Crippen LogP contribution in [0.2, 0.25) is 0 Å². The molecule has 0 amide bonds. The zero-order valence-corrected chi connectivity index (χ0v) is 12.9. The van der Waals surface area contributed by atoms with Gasteiger partial charge in [0.25, 0.3) is 0 Å². The van der Waals surface area contributed by atoms with Crippen molar-refractivity contribution in [2.75, 3.05) is 6.61 Å². The number of unbranched alkanes of at least 4 members (excludes halogenated alkanes) is 4. The van der Waals surface area contributed by atoms with E-state index < -0.39 is 5.97 Å². The third-order valence-corrected chi connectivity index (χ3v) is 3.12. The van der Waals surface area contributed by atoms with E-state index in [-0.39, 0.29) is 11.4 Å². The standard InChI is InChI=1S/C16H28O3/c1-5-7-9-10-12-19-16(18)15(14(4)17)13(3)11-8-6-2/h5-12H2,1-4H3.